The Morgan fingerprint density at radius 2 is 1.61 bits per heavy atom. The fourth-order valence-electron chi connectivity index (χ4n) is 4.93. The predicted molar refractivity (Wildman–Crippen MR) is 126 cm³/mol. The number of anilines is 1. The summed E-state index contributed by atoms with van der Waals surface area (Å²) in [5.41, 5.74) is 8.30. The molecule has 31 heavy (non-hydrogen) atoms. The smallest absolute Gasteiger partial charge is 0.227 e. The van der Waals surface area contributed by atoms with Crippen LogP contribution in [0.5, 0.6) is 0 Å². The molecule has 1 aromatic heterocycles. The summed E-state index contributed by atoms with van der Waals surface area (Å²) in [4.78, 5) is 19.8. The Balaban J connectivity index is 1.57. The zero-order valence-electron chi connectivity index (χ0n) is 18.3. The van der Waals surface area contributed by atoms with Crippen molar-refractivity contribution >= 4 is 22.6 Å². The van der Waals surface area contributed by atoms with Crippen LogP contribution in [0.1, 0.15) is 40.4 Å². The molecule has 0 radical (unpaired) electrons. The Morgan fingerprint density at radius 3 is 2.35 bits per heavy atom. The number of imidazole rings is 1. The van der Waals surface area contributed by atoms with E-state index in [0.717, 1.165) is 29.1 Å². The maximum Gasteiger partial charge on any atom is 0.227 e. The number of nitrogens with zero attached hydrogens (tertiary/aromatic N) is 3. The summed E-state index contributed by atoms with van der Waals surface area (Å²) in [5.74, 6) is 1.25. The molecule has 1 aliphatic heterocycles. The first-order valence-electron chi connectivity index (χ1n) is 10.9. The number of amides is 1. The molecule has 1 fully saturated rings. The van der Waals surface area contributed by atoms with Crippen molar-refractivity contribution in [2.45, 2.75) is 39.7 Å². The highest BCUT2D eigenvalue weighted by Crippen LogP contribution is 2.34. The fourth-order valence-corrected chi connectivity index (χ4v) is 4.93. The molecule has 0 unspecified atom stereocenters. The summed E-state index contributed by atoms with van der Waals surface area (Å²) in [6, 6.07) is 22.7. The molecule has 0 aliphatic carbocycles. The zero-order chi connectivity index (χ0) is 21.5. The second-order valence-electron chi connectivity index (χ2n) is 8.66. The molecule has 1 saturated heterocycles. The number of hydrogen-bond acceptors (Lipinski definition) is 2. The monoisotopic (exact) mass is 409 g/mol. The van der Waals surface area contributed by atoms with E-state index >= 15 is 0 Å². The minimum Gasteiger partial charge on any atom is -0.323 e. The van der Waals surface area contributed by atoms with Gasteiger partial charge in [0.25, 0.3) is 0 Å². The van der Waals surface area contributed by atoms with Gasteiger partial charge < -0.3 is 9.47 Å². The van der Waals surface area contributed by atoms with E-state index in [0.29, 0.717) is 13.0 Å². The largest absolute Gasteiger partial charge is 0.323 e. The lowest BCUT2D eigenvalue weighted by Gasteiger charge is -2.19. The van der Waals surface area contributed by atoms with Gasteiger partial charge in [0.2, 0.25) is 5.91 Å². The van der Waals surface area contributed by atoms with Gasteiger partial charge in [-0.3, -0.25) is 4.79 Å². The van der Waals surface area contributed by atoms with E-state index in [9.17, 15) is 4.79 Å². The lowest BCUT2D eigenvalue weighted by atomic mass is 9.99. The molecule has 0 bridgehead atoms. The van der Waals surface area contributed by atoms with Gasteiger partial charge in [-0.15, -0.1) is 0 Å². The van der Waals surface area contributed by atoms with Gasteiger partial charge in [-0.1, -0.05) is 48.0 Å². The molecule has 0 saturated carbocycles. The van der Waals surface area contributed by atoms with E-state index in [1.807, 2.05) is 41.3 Å². The lowest BCUT2D eigenvalue weighted by molar-refractivity contribution is -0.117. The number of aryl methyl sites for hydroxylation is 3. The Bertz CT molecular complexity index is 1250. The Kier molecular flexibility index (Phi) is 4.85. The summed E-state index contributed by atoms with van der Waals surface area (Å²) < 4.78 is 2.33. The topological polar surface area (TPSA) is 38.1 Å². The first-order valence-corrected chi connectivity index (χ1v) is 10.9. The van der Waals surface area contributed by atoms with Crippen molar-refractivity contribution in [1.29, 1.82) is 0 Å². The van der Waals surface area contributed by atoms with Crippen LogP contribution in [-0.2, 0) is 11.3 Å². The molecule has 2 heterocycles. The van der Waals surface area contributed by atoms with E-state index in [1.54, 1.807) is 0 Å². The molecule has 1 atom stereocenters. The molecular formula is C27H27N3O. The normalized spacial score (nSPS) is 16.4. The molecule has 5 rings (SSSR count). The van der Waals surface area contributed by atoms with Crippen molar-refractivity contribution < 1.29 is 4.79 Å². The molecule has 1 aliphatic rings. The molecular weight excluding hydrogens is 382 g/mol. The Labute approximate surface area is 183 Å². The van der Waals surface area contributed by atoms with Crippen LogP contribution in [0.25, 0.3) is 11.0 Å². The van der Waals surface area contributed by atoms with Gasteiger partial charge in [0, 0.05) is 31.1 Å². The van der Waals surface area contributed by atoms with Crippen molar-refractivity contribution in [2.75, 3.05) is 11.4 Å². The number of rotatable bonds is 4. The van der Waals surface area contributed by atoms with Crippen molar-refractivity contribution in [2.24, 2.45) is 0 Å². The van der Waals surface area contributed by atoms with E-state index in [2.05, 4.69) is 55.7 Å². The Hall–Kier alpha value is -3.40. The number of fused-ring (bicyclic) bond motifs is 1. The average molecular weight is 410 g/mol. The first-order chi connectivity index (χ1) is 15.0. The molecule has 0 N–H and O–H groups in total. The van der Waals surface area contributed by atoms with Crippen LogP contribution in [0.3, 0.4) is 0 Å². The number of aromatic nitrogens is 2. The number of benzene rings is 3. The molecule has 3 aromatic carbocycles. The highest BCUT2D eigenvalue weighted by molar-refractivity contribution is 5.96. The van der Waals surface area contributed by atoms with E-state index < -0.39 is 0 Å². The number of para-hydroxylation sites is 3. The minimum absolute atomic E-state index is 0.0752. The third-order valence-corrected chi connectivity index (χ3v) is 6.40. The molecule has 0 spiro atoms. The van der Waals surface area contributed by atoms with Crippen molar-refractivity contribution in [3.8, 4) is 0 Å². The second kappa shape index (κ2) is 7.69. The SMILES string of the molecule is Cc1cc(C)c(Cn2c([C@H]3CC(=O)N(c4ccccc4)C3)nc3ccccc32)c(C)c1. The summed E-state index contributed by atoms with van der Waals surface area (Å²) >= 11 is 0. The van der Waals surface area contributed by atoms with Gasteiger partial charge in [0.15, 0.2) is 0 Å². The molecule has 4 nitrogen and oxygen atoms in total. The number of hydrogen-bond donors (Lipinski definition) is 0. The van der Waals surface area contributed by atoms with Crippen LogP contribution >= 0.6 is 0 Å². The summed E-state index contributed by atoms with van der Waals surface area (Å²) in [7, 11) is 0. The lowest BCUT2D eigenvalue weighted by Crippen LogP contribution is -2.24. The quantitative estimate of drug-likeness (QED) is 0.444. The second-order valence-corrected chi connectivity index (χ2v) is 8.66. The maximum atomic E-state index is 12.9. The van der Waals surface area contributed by atoms with Crippen molar-refractivity contribution in [3.05, 3.63) is 94.8 Å². The summed E-state index contributed by atoms with van der Waals surface area (Å²) in [5, 5.41) is 0. The van der Waals surface area contributed by atoms with Crippen LogP contribution in [0, 0.1) is 20.8 Å². The Morgan fingerprint density at radius 1 is 0.935 bits per heavy atom. The van der Waals surface area contributed by atoms with Crippen molar-refractivity contribution in [1.82, 2.24) is 9.55 Å². The number of carbonyl (C=O) groups excluding carboxylic acids is 1. The van der Waals surface area contributed by atoms with E-state index in [1.165, 1.54) is 22.3 Å². The minimum atomic E-state index is 0.0752. The summed E-state index contributed by atoms with van der Waals surface area (Å²) in [6.45, 7) is 7.95. The van der Waals surface area contributed by atoms with E-state index in [4.69, 9.17) is 4.98 Å². The van der Waals surface area contributed by atoms with Crippen LogP contribution < -0.4 is 4.90 Å². The van der Waals surface area contributed by atoms with Crippen LogP contribution in [0.2, 0.25) is 0 Å². The van der Waals surface area contributed by atoms with Crippen LogP contribution in [0.15, 0.2) is 66.7 Å². The maximum absolute atomic E-state index is 12.9. The highest BCUT2D eigenvalue weighted by atomic mass is 16.2. The van der Waals surface area contributed by atoms with Gasteiger partial charge in [-0.05, 0) is 61.7 Å². The van der Waals surface area contributed by atoms with Crippen LogP contribution in [0.4, 0.5) is 5.69 Å². The number of carbonyl (C=O) groups is 1. The third-order valence-electron chi connectivity index (χ3n) is 6.40. The van der Waals surface area contributed by atoms with Gasteiger partial charge in [0.1, 0.15) is 5.82 Å². The molecule has 1 amide bonds. The molecule has 4 heteroatoms. The fraction of sp³-hybridized carbons (Fsp3) is 0.259. The van der Waals surface area contributed by atoms with E-state index in [-0.39, 0.29) is 11.8 Å². The van der Waals surface area contributed by atoms with Crippen molar-refractivity contribution in [3.63, 3.8) is 0 Å². The van der Waals surface area contributed by atoms with Gasteiger partial charge in [0.05, 0.1) is 11.0 Å². The van der Waals surface area contributed by atoms with Gasteiger partial charge >= 0.3 is 0 Å². The average Bonchev–Trinajstić information content (AvgIpc) is 3.32. The predicted octanol–water partition coefficient (Wildman–Crippen LogP) is 5.53. The third kappa shape index (κ3) is 3.52. The summed E-state index contributed by atoms with van der Waals surface area (Å²) in [6.07, 6.45) is 0.490. The van der Waals surface area contributed by atoms with Crippen LogP contribution in [-0.4, -0.2) is 22.0 Å². The highest BCUT2D eigenvalue weighted by Gasteiger charge is 2.34. The van der Waals surface area contributed by atoms with Gasteiger partial charge in [-0.2, -0.15) is 0 Å². The standard InChI is InChI=1S/C27H27N3O/c1-18-13-19(2)23(20(3)14-18)17-30-25-12-8-7-11-24(25)28-27(30)21-15-26(31)29(16-21)22-9-5-4-6-10-22/h4-14,21H,15-17H2,1-3H3/t21-/m0/s1. The first kappa shape index (κ1) is 19.6. The zero-order valence-corrected chi connectivity index (χ0v) is 18.3. The molecule has 4 aromatic rings. The van der Waals surface area contributed by atoms with Gasteiger partial charge in [-0.25, -0.2) is 4.98 Å². The molecule has 156 valence electrons.